The molecular weight excluding hydrogens is 319 g/mol. The molecule has 1 aromatic carbocycles. The number of benzene rings is 1. The fourth-order valence-electron chi connectivity index (χ4n) is 2.69. The molecule has 0 saturated carbocycles. The number of hydrogen-bond acceptors (Lipinski definition) is 5. The Morgan fingerprint density at radius 1 is 1.04 bits per heavy atom. The van der Waals surface area contributed by atoms with Crippen LogP contribution in [0.1, 0.15) is 6.42 Å². The Balaban J connectivity index is 1.72. The molecule has 7 heteroatoms. The highest BCUT2D eigenvalue weighted by Gasteiger charge is 2.18. The second-order valence-corrected chi connectivity index (χ2v) is 7.91. The number of piperazine rings is 1. The molecule has 1 aliphatic rings. The van der Waals surface area contributed by atoms with Gasteiger partial charge in [-0.25, -0.2) is 12.8 Å². The third kappa shape index (κ3) is 5.84. The maximum Gasteiger partial charge on any atom is 0.178 e. The van der Waals surface area contributed by atoms with Gasteiger partial charge in [-0.3, -0.25) is 4.90 Å². The molecule has 0 atom stereocenters. The average molecular weight is 344 g/mol. The van der Waals surface area contributed by atoms with Crippen molar-refractivity contribution >= 4 is 9.84 Å². The van der Waals surface area contributed by atoms with Gasteiger partial charge >= 0.3 is 0 Å². The van der Waals surface area contributed by atoms with Gasteiger partial charge in [0.2, 0.25) is 0 Å². The van der Waals surface area contributed by atoms with Crippen LogP contribution in [0.15, 0.2) is 29.2 Å². The Hall–Kier alpha value is -1.02. The quantitative estimate of drug-likeness (QED) is 0.665. The van der Waals surface area contributed by atoms with E-state index in [1.807, 2.05) is 0 Å². The van der Waals surface area contributed by atoms with Crippen molar-refractivity contribution in [3.8, 4) is 0 Å². The van der Waals surface area contributed by atoms with Crippen LogP contribution in [0.3, 0.4) is 0 Å². The minimum absolute atomic E-state index is 0.0997. The van der Waals surface area contributed by atoms with Crippen molar-refractivity contribution in [1.82, 2.24) is 9.80 Å². The van der Waals surface area contributed by atoms with Crippen molar-refractivity contribution in [2.45, 2.75) is 11.3 Å². The molecule has 1 fully saturated rings. The molecule has 0 unspecified atom stereocenters. The van der Waals surface area contributed by atoms with E-state index in [4.69, 9.17) is 4.74 Å². The molecule has 0 amide bonds. The highest BCUT2D eigenvalue weighted by atomic mass is 32.2. The summed E-state index contributed by atoms with van der Waals surface area (Å²) in [4.78, 5) is 4.85. The molecule has 5 nitrogen and oxygen atoms in total. The molecule has 1 aliphatic heterocycles. The molecule has 23 heavy (non-hydrogen) atoms. The number of halogens is 1. The summed E-state index contributed by atoms with van der Waals surface area (Å²) in [6.07, 6.45) is 0.595. The van der Waals surface area contributed by atoms with Gasteiger partial charge in [-0.1, -0.05) is 0 Å². The number of ether oxygens (including phenoxy) is 1. The van der Waals surface area contributed by atoms with Crippen molar-refractivity contribution in [2.75, 3.05) is 58.7 Å². The lowest BCUT2D eigenvalue weighted by Gasteiger charge is -2.34. The smallest absolute Gasteiger partial charge is 0.178 e. The SMILES string of the molecule is COCCN1CCN(CCCS(=O)(=O)c2ccc(F)cc2)CC1. The summed E-state index contributed by atoms with van der Waals surface area (Å²) in [5.41, 5.74) is 0. The van der Waals surface area contributed by atoms with Crippen LogP contribution in [-0.2, 0) is 14.6 Å². The van der Waals surface area contributed by atoms with Crippen LogP contribution in [0.25, 0.3) is 0 Å². The Morgan fingerprint density at radius 3 is 2.17 bits per heavy atom. The molecule has 0 aliphatic carbocycles. The minimum atomic E-state index is -3.32. The van der Waals surface area contributed by atoms with E-state index in [1.54, 1.807) is 7.11 Å². The Kier molecular flexibility index (Phi) is 6.95. The largest absolute Gasteiger partial charge is 0.383 e. The fourth-order valence-corrected chi connectivity index (χ4v) is 3.99. The van der Waals surface area contributed by atoms with Crippen molar-refractivity contribution in [1.29, 1.82) is 0 Å². The molecule has 1 saturated heterocycles. The fraction of sp³-hybridized carbons (Fsp3) is 0.625. The van der Waals surface area contributed by atoms with Gasteiger partial charge < -0.3 is 9.64 Å². The van der Waals surface area contributed by atoms with Crippen LogP contribution >= 0.6 is 0 Å². The lowest BCUT2D eigenvalue weighted by atomic mass is 10.3. The van der Waals surface area contributed by atoms with E-state index in [9.17, 15) is 12.8 Å². The maximum absolute atomic E-state index is 12.9. The number of sulfone groups is 1. The van der Waals surface area contributed by atoms with Crippen LogP contribution in [0.2, 0.25) is 0 Å². The summed E-state index contributed by atoms with van der Waals surface area (Å²) in [7, 11) is -1.61. The summed E-state index contributed by atoms with van der Waals surface area (Å²) in [6.45, 7) is 6.38. The average Bonchev–Trinajstić information content (AvgIpc) is 2.54. The predicted molar refractivity (Wildman–Crippen MR) is 87.8 cm³/mol. The molecule has 2 rings (SSSR count). The Labute approximate surface area is 137 Å². The third-order valence-electron chi connectivity index (χ3n) is 4.14. The van der Waals surface area contributed by atoms with Gasteiger partial charge in [0.1, 0.15) is 5.82 Å². The molecule has 130 valence electrons. The first kappa shape index (κ1) is 18.3. The zero-order valence-corrected chi connectivity index (χ0v) is 14.4. The molecule has 0 spiro atoms. The van der Waals surface area contributed by atoms with Gasteiger partial charge in [-0.05, 0) is 37.2 Å². The monoisotopic (exact) mass is 344 g/mol. The van der Waals surface area contributed by atoms with Crippen molar-refractivity contribution in [3.05, 3.63) is 30.1 Å². The lowest BCUT2D eigenvalue weighted by molar-refractivity contribution is 0.0972. The van der Waals surface area contributed by atoms with Crippen LogP contribution in [0.4, 0.5) is 4.39 Å². The van der Waals surface area contributed by atoms with E-state index < -0.39 is 15.7 Å². The van der Waals surface area contributed by atoms with Crippen molar-refractivity contribution < 1.29 is 17.5 Å². The summed E-state index contributed by atoms with van der Waals surface area (Å²) in [5.74, 6) is -0.321. The topological polar surface area (TPSA) is 49.9 Å². The predicted octanol–water partition coefficient (Wildman–Crippen LogP) is 1.25. The minimum Gasteiger partial charge on any atom is -0.383 e. The summed E-state index contributed by atoms with van der Waals surface area (Å²) < 4.78 is 42.3. The number of hydrogen-bond donors (Lipinski definition) is 0. The van der Waals surface area contributed by atoms with Gasteiger partial charge in [-0.15, -0.1) is 0 Å². The zero-order chi connectivity index (χ0) is 16.7. The second-order valence-electron chi connectivity index (χ2n) is 5.80. The van der Waals surface area contributed by atoms with E-state index in [2.05, 4.69) is 9.80 Å². The third-order valence-corrected chi connectivity index (χ3v) is 5.95. The van der Waals surface area contributed by atoms with E-state index >= 15 is 0 Å². The lowest BCUT2D eigenvalue weighted by Crippen LogP contribution is -2.47. The molecule has 1 aromatic rings. The van der Waals surface area contributed by atoms with Crippen molar-refractivity contribution in [3.63, 3.8) is 0 Å². The van der Waals surface area contributed by atoms with Gasteiger partial charge in [0.05, 0.1) is 17.3 Å². The first-order chi connectivity index (χ1) is 11.0. The summed E-state index contributed by atoms with van der Waals surface area (Å²) in [6, 6.07) is 5.04. The van der Waals surface area contributed by atoms with Crippen LogP contribution in [-0.4, -0.2) is 77.0 Å². The molecular formula is C16H25FN2O3S. The van der Waals surface area contributed by atoms with Gasteiger partial charge in [-0.2, -0.15) is 0 Å². The van der Waals surface area contributed by atoms with Gasteiger partial charge in [0.25, 0.3) is 0 Å². The maximum atomic E-state index is 12.9. The van der Waals surface area contributed by atoms with E-state index in [1.165, 1.54) is 24.3 Å². The number of methoxy groups -OCH3 is 1. The second kappa shape index (κ2) is 8.73. The van der Waals surface area contributed by atoms with Gasteiger partial charge in [0.15, 0.2) is 9.84 Å². The first-order valence-corrected chi connectivity index (χ1v) is 9.58. The summed E-state index contributed by atoms with van der Waals surface area (Å²) >= 11 is 0. The number of nitrogens with zero attached hydrogens (tertiary/aromatic N) is 2. The van der Waals surface area contributed by atoms with E-state index in [0.29, 0.717) is 6.42 Å². The summed E-state index contributed by atoms with van der Waals surface area (Å²) in [5, 5.41) is 0. The normalized spacial score (nSPS) is 17.5. The van der Waals surface area contributed by atoms with Crippen molar-refractivity contribution in [2.24, 2.45) is 0 Å². The highest BCUT2D eigenvalue weighted by Crippen LogP contribution is 2.13. The van der Waals surface area contributed by atoms with Crippen LogP contribution in [0, 0.1) is 5.82 Å². The standard InChI is InChI=1S/C16H25FN2O3S/c1-22-13-12-19-10-8-18(9-11-19)7-2-14-23(20,21)16-5-3-15(17)4-6-16/h3-6H,2,7-14H2,1H3. The van der Waals surface area contributed by atoms with Gasteiger partial charge in [0, 0.05) is 39.8 Å². The molecule has 0 aromatic heterocycles. The molecule has 0 bridgehead atoms. The van der Waals surface area contributed by atoms with E-state index in [0.717, 1.165) is 45.9 Å². The number of rotatable bonds is 8. The Morgan fingerprint density at radius 2 is 1.61 bits per heavy atom. The van der Waals surface area contributed by atoms with Crippen LogP contribution in [0.5, 0.6) is 0 Å². The molecule has 1 heterocycles. The highest BCUT2D eigenvalue weighted by molar-refractivity contribution is 7.91. The van der Waals surface area contributed by atoms with Crippen LogP contribution < -0.4 is 0 Å². The zero-order valence-electron chi connectivity index (χ0n) is 13.6. The molecule has 0 N–H and O–H groups in total. The first-order valence-electron chi connectivity index (χ1n) is 7.93. The molecule has 0 radical (unpaired) electrons. The van der Waals surface area contributed by atoms with E-state index in [-0.39, 0.29) is 10.6 Å². The Bertz CT molecular complexity index is 569.